The molecule has 0 saturated heterocycles. The van der Waals surface area contributed by atoms with E-state index in [0.717, 1.165) is 12.1 Å². The highest BCUT2D eigenvalue weighted by Crippen LogP contribution is 2.11. The molecule has 0 aromatic carbocycles. The Morgan fingerprint density at radius 2 is 2.18 bits per heavy atom. The molecule has 0 radical (unpaired) electrons. The van der Waals surface area contributed by atoms with E-state index in [-0.39, 0.29) is 0 Å². The summed E-state index contributed by atoms with van der Waals surface area (Å²) in [5.74, 6) is -3.16. The van der Waals surface area contributed by atoms with Gasteiger partial charge in [0.2, 0.25) is 0 Å². The topological polar surface area (TPSA) is 70.4 Å². The molecule has 11 heavy (non-hydrogen) atoms. The number of carboxylic acid groups (broad SMARTS) is 1. The standard InChI is InChI=1S/C6H4FNO3/c7-5-4(9)2-1-3(8-5)6(10)11/h1-2,9H,(H,10,11). The maximum Gasteiger partial charge on any atom is 0.354 e. The molecule has 58 valence electrons. The number of rotatable bonds is 1. The predicted octanol–water partition coefficient (Wildman–Crippen LogP) is 0.624. The Kier molecular flexibility index (Phi) is 1.72. The van der Waals surface area contributed by atoms with Crippen molar-refractivity contribution in [2.24, 2.45) is 0 Å². The molecule has 0 amide bonds. The minimum atomic E-state index is -1.33. The molecule has 1 aromatic heterocycles. The number of carboxylic acids is 1. The third-order valence-electron chi connectivity index (χ3n) is 1.05. The molecule has 2 N–H and O–H groups in total. The zero-order valence-electron chi connectivity index (χ0n) is 5.28. The smallest absolute Gasteiger partial charge is 0.354 e. The summed E-state index contributed by atoms with van der Waals surface area (Å²) in [6, 6.07) is 1.95. The zero-order chi connectivity index (χ0) is 8.43. The van der Waals surface area contributed by atoms with Crippen LogP contribution < -0.4 is 0 Å². The van der Waals surface area contributed by atoms with E-state index in [9.17, 15) is 9.18 Å². The van der Waals surface area contributed by atoms with Gasteiger partial charge in [0.05, 0.1) is 0 Å². The normalized spacial score (nSPS) is 9.55. The first-order valence-corrected chi connectivity index (χ1v) is 2.70. The fraction of sp³-hybridized carbons (Fsp3) is 0. The van der Waals surface area contributed by atoms with Crippen LogP contribution in [0.15, 0.2) is 12.1 Å². The molecule has 0 saturated carbocycles. The van der Waals surface area contributed by atoms with Crippen molar-refractivity contribution in [2.45, 2.75) is 0 Å². The summed E-state index contributed by atoms with van der Waals surface area (Å²) in [4.78, 5) is 13.1. The maximum absolute atomic E-state index is 12.3. The van der Waals surface area contributed by atoms with Crippen molar-refractivity contribution in [3.8, 4) is 5.75 Å². The fourth-order valence-corrected chi connectivity index (χ4v) is 0.546. The number of hydrogen-bond acceptors (Lipinski definition) is 3. The highest BCUT2D eigenvalue weighted by atomic mass is 19.1. The van der Waals surface area contributed by atoms with Crippen LogP contribution in [-0.2, 0) is 0 Å². The van der Waals surface area contributed by atoms with Gasteiger partial charge < -0.3 is 10.2 Å². The minimum absolute atomic E-state index is 0.430. The van der Waals surface area contributed by atoms with Crippen molar-refractivity contribution in [1.29, 1.82) is 0 Å². The van der Waals surface area contributed by atoms with Crippen LogP contribution in [0.3, 0.4) is 0 Å². The van der Waals surface area contributed by atoms with Crippen LogP contribution in [0.25, 0.3) is 0 Å². The maximum atomic E-state index is 12.3. The molecule has 0 fully saturated rings. The molecule has 4 nitrogen and oxygen atoms in total. The number of halogens is 1. The predicted molar refractivity (Wildman–Crippen MR) is 32.8 cm³/mol. The third kappa shape index (κ3) is 1.43. The van der Waals surface area contributed by atoms with Gasteiger partial charge in [0.15, 0.2) is 11.4 Å². The summed E-state index contributed by atoms with van der Waals surface area (Å²) in [6.07, 6.45) is 0. The van der Waals surface area contributed by atoms with E-state index in [1.54, 1.807) is 0 Å². The van der Waals surface area contributed by atoms with Gasteiger partial charge in [-0.3, -0.25) is 0 Å². The van der Waals surface area contributed by atoms with Crippen LogP contribution in [0.1, 0.15) is 10.5 Å². The summed E-state index contributed by atoms with van der Waals surface area (Å²) in [5, 5.41) is 16.9. The van der Waals surface area contributed by atoms with E-state index >= 15 is 0 Å². The van der Waals surface area contributed by atoms with E-state index in [1.165, 1.54) is 0 Å². The molecule has 0 aliphatic rings. The lowest BCUT2D eigenvalue weighted by Crippen LogP contribution is -2.01. The summed E-state index contributed by atoms with van der Waals surface area (Å²) < 4.78 is 12.3. The quantitative estimate of drug-likeness (QED) is 0.586. The fourth-order valence-electron chi connectivity index (χ4n) is 0.546. The van der Waals surface area contributed by atoms with Crippen LogP contribution in [0, 0.1) is 5.95 Å². The highest BCUT2D eigenvalue weighted by molar-refractivity contribution is 5.85. The first kappa shape index (κ1) is 7.46. The Morgan fingerprint density at radius 3 is 2.64 bits per heavy atom. The van der Waals surface area contributed by atoms with Crippen LogP contribution in [-0.4, -0.2) is 21.2 Å². The van der Waals surface area contributed by atoms with Gasteiger partial charge in [-0.15, -0.1) is 0 Å². The van der Waals surface area contributed by atoms with Gasteiger partial charge >= 0.3 is 5.97 Å². The van der Waals surface area contributed by atoms with Crippen LogP contribution in [0.2, 0.25) is 0 Å². The second kappa shape index (κ2) is 2.53. The Labute approximate surface area is 60.9 Å². The Morgan fingerprint density at radius 1 is 1.55 bits per heavy atom. The summed E-state index contributed by atoms with van der Waals surface area (Å²) >= 11 is 0. The number of aromatic hydroxyl groups is 1. The van der Waals surface area contributed by atoms with Crippen LogP contribution in [0.5, 0.6) is 5.75 Å². The number of pyridine rings is 1. The molecule has 0 unspecified atom stereocenters. The van der Waals surface area contributed by atoms with Crippen molar-refractivity contribution in [3.05, 3.63) is 23.8 Å². The Hall–Kier alpha value is -1.65. The van der Waals surface area contributed by atoms with E-state index in [0.29, 0.717) is 0 Å². The molecule has 1 aromatic rings. The summed E-state index contributed by atoms with van der Waals surface area (Å²) in [7, 11) is 0. The molecular formula is C6H4FNO3. The van der Waals surface area contributed by atoms with Crippen molar-refractivity contribution in [3.63, 3.8) is 0 Å². The molecular weight excluding hydrogens is 153 g/mol. The van der Waals surface area contributed by atoms with Gasteiger partial charge in [-0.25, -0.2) is 9.78 Å². The lowest BCUT2D eigenvalue weighted by Gasteiger charge is -1.94. The number of aromatic nitrogens is 1. The van der Waals surface area contributed by atoms with Gasteiger partial charge in [-0.05, 0) is 12.1 Å². The van der Waals surface area contributed by atoms with Gasteiger partial charge in [0, 0.05) is 0 Å². The van der Waals surface area contributed by atoms with Crippen molar-refractivity contribution >= 4 is 5.97 Å². The average Bonchev–Trinajstić information content (AvgIpc) is 1.94. The van der Waals surface area contributed by atoms with Crippen molar-refractivity contribution < 1.29 is 19.4 Å². The van der Waals surface area contributed by atoms with Gasteiger partial charge in [-0.1, -0.05) is 0 Å². The molecule has 0 aliphatic carbocycles. The highest BCUT2D eigenvalue weighted by Gasteiger charge is 2.08. The average molecular weight is 157 g/mol. The number of hydrogen-bond donors (Lipinski definition) is 2. The monoisotopic (exact) mass is 157 g/mol. The van der Waals surface area contributed by atoms with Gasteiger partial charge in [0.25, 0.3) is 5.95 Å². The first-order chi connectivity index (χ1) is 5.11. The third-order valence-corrected chi connectivity index (χ3v) is 1.05. The summed E-state index contributed by atoms with van der Waals surface area (Å²) in [6.45, 7) is 0. The van der Waals surface area contributed by atoms with Gasteiger partial charge in [0.1, 0.15) is 0 Å². The SMILES string of the molecule is O=C(O)c1ccc(O)c(F)n1. The minimum Gasteiger partial charge on any atom is -0.504 e. The number of nitrogens with zero attached hydrogens (tertiary/aromatic N) is 1. The largest absolute Gasteiger partial charge is 0.504 e. The Balaban J connectivity index is 3.15. The summed E-state index contributed by atoms with van der Waals surface area (Å²) in [5.41, 5.74) is -0.430. The van der Waals surface area contributed by atoms with E-state index in [4.69, 9.17) is 10.2 Å². The van der Waals surface area contributed by atoms with Crippen molar-refractivity contribution in [2.75, 3.05) is 0 Å². The molecule has 5 heteroatoms. The lowest BCUT2D eigenvalue weighted by atomic mass is 10.3. The van der Waals surface area contributed by atoms with Crippen LogP contribution >= 0.6 is 0 Å². The number of carbonyl (C=O) groups is 1. The van der Waals surface area contributed by atoms with E-state index in [2.05, 4.69) is 4.98 Å². The zero-order valence-corrected chi connectivity index (χ0v) is 5.28. The van der Waals surface area contributed by atoms with E-state index in [1.807, 2.05) is 0 Å². The molecule has 1 rings (SSSR count). The Bertz CT molecular complexity index is 300. The second-order valence-electron chi connectivity index (χ2n) is 1.81. The number of aromatic carboxylic acids is 1. The molecule has 0 bridgehead atoms. The molecule has 0 aliphatic heterocycles. The molecule has 0 spiro atoms. The van der Waals surface area contributed by atoms with Crippen LogP contribution in [0.4, 0.5) is 4.39 Å². The van der Waals surface area contributed by atoms with Gasteiger partial charge in [-0.2, -0.15) is 4.39 Å². The molecule has 1 heterocycles. The second-order valence-corrected chi connectivity index (χ2v) is 1.81. The molecule has 0 atom stereocenters. The van der Waals surface area contributed by atoms with Crippen molar-refractivity contribution in [1.82, 2.24) is 4.98 Å². The lowest BCUT2D eigenvalue weighted by molar-refractivity contribution is 0.0689. The van der Waals surface area contributed by atoms with E-state index < -0.39 is 23.4 Å². The first-order valence-electron chi connectivity index (χ1n) is 2.70.